The van der Waals surface area contributed by atoms with Crippen molar-refractivity contribution < 1.29 is 31.8 Å². The first-order valence-electron chi connectivity index (χ1n) is 11.7. The number of hydrogen-bond donors (Lipinski definition) is 1. The van der Waals surface area contributed by atoms with Gasteiger partial charge in [0.25, 0.3) is 0 Å². The number of fused-ring (bicyclic) bond motifs is 1. The summed E-state index contributed by atoms with van der Waals surface area (Å²) >= 11 is 5.93. The number of esters is 1. The molecule has 39 heavy (non-hydrogen) atoms. The molecule has 1 aliphatic heterocycles. The quantitative estimate of drug-likeness (QED) is 0.247. The molecule has 1 N–H and O–H groups in total. The summed E-state index contributed by atoms with van der Waals surface area (Å²) in [5.74, 6) is -2.13. The van der Waals surface area contributed by atoms with Crippen LogP contribution in [0.3, 0.4) is 0 Å². The molecule has 0 spiro atoms. The number of methoxy groups -OCH3 is 1. The number of carbonyl (C=O) groups excluding carboxylic acids is 1. The van der Waals surface area contributed by atoms with E-state index in [1.54, 1.807) is 40.0 Å². The number of nitrogens with zero attached hydrogens (tertiary/aromatic N) is 5. The van der Waals surface area contributed by atoms with E-state index in [4.69, 9.17) is 21.1 Å². The van der Waals surface area contributed by atoms with Gasteiger partial charge in [-0.3, -0.25) is 0 Å². The van der Waals surface area contributed by atoms with Gasteiger partial charge in [-0.2, -0.15) is 18.2 Å². The first kappa shape index (κ1) is 26.5. The Morgan fingerprint density at radius 2 is 1.95 bits per heavy atom. The van der Waals surface area contributed by atoms with Gasteiger partial charge in [0.1, 0.15) is 35.0 Å². The molecule has 0 saturated heterocycles. The zero-order chi connectivity index (χ0) is 27.7. The first-order chi connectivity index (χ1) is 18.6. The number of halogens is 5. The number of benzene rings is 2. The minimum Gasteiger partial charge on any atom is -0.494 e. The molecule has 5 rings (SSSR count). The van der Waals surface area contributed by atoms with Crippen LogP contribution < -0.4 is 10.1 Å². The Morgan fingerprint density at radius 3 is 2.62 bits per heavy atom. The van der Waals surface area contributed by atoms with Crippen LogP contribution in [0.2, 0.25) is 5.15 Å². The fraction of sp³-hybridized carbons (Fsp3) is 0.280. The standard InChI is InChI=1S/C25H21ClF4N6O3/c1-38-20-10-16(6-7-19(20)35-12-21(26)31-13-35)32-24-33-22-18(14-2-4-15(27)5-3-14)11-17(8-9-36(22)34-24)39-23(37)25(28,29)30/h2-7,10,12-13,17-18H,8-9,11H2,1H3,(H,32,34)/t17-,18-/m1/s1. The number of aromatic nitrogens is 5. The third-order valence-electron chi connectivity index (χ3n) is 6.22. The van der Waals surface area contributed by atoms with Crippen molar-refractivity contribution in [2.45, 2.75) is 37.6 Å². The highest BCUT2D eigenvalue weighted by Gasteiger charge is 2.43. The van der Waals surface area contributed by atoms with Crippen LogP contribution >= 0.6 is 11.6 Å². The van der Waals surface area contributed by atoms with Gasteiger partial charge in [0.2, 0.25) is 5.95 Å². The Balaban J connectivity index is 1.42. The highest BCUT2D eigenvalue weighted by Crippen LogP contribution is 2.35. The van der Waals surface area contributed by atoms with Crippen molar-refractivity contribution in [1.29, 1.82) is 0 Å². The second kappa shape index (κ2) is 10.6. The number of imidazole rings is 1. The van der Waals surface area contributed by atoms with E-state index in [-0.39, 0.29) is 25.3 Å². The maximum Gasteiger partial charge on any atom is 0.490 e. The average molecular weight is 565 g/mol. The van der Waals surface area contributed by atoms with Gasteiger partial charge < -0.3 is 19.4 Å². The molecule has 4 aromatic rings. The third-order valence-corrected chi connectivity index (χ3v) is 6.41. The van der Waals surface area contributed by atoms with E-state index in [1.165, 1.54) is 31.4 Å². The summed E-state index contributed by atoms with van der Waals surface area (Å²) in [4.78, 5) is 20.1. The molecular weight excluding hydrogens is 544 g/mol. The van der Waals surface area contributed by atoms with Crippen LogP contribution in [-0.2, 0) is 16.1 Å². The van der Waals surface area contributed by atoms with Gasteiger partial charge in [0, 0.05) is 36.8 Å². The molecule has 2 aromatic carbocycles. The van der Waals surface area contributed by atoms with Crippen LogP contribution in [0.4, 0.5) is 29.2 Å². The molecule has 0 radical (unpaired) electrons. The highest BCUT2D eigenvalue weighted by molar-refractivity contribution is 6.29. The van der Waals surface area contributed by atoms with E-state index in [9.17, 15) is 22.4 Å². The molecule has 2 atom stereocenters. The van der Waals surface area contributed by atoms with Gasteiger partial charge in [0.15, 0.2) is 0 Å². The minimum atomic E-state index is -5.11. The number of ether oxygens (including phenoxy) is 2. The first-order valence-corrected chi connectivity index (χ1v) is 12.1. The van der Waals surface area contributed by atoms with Crippen molar-refractivity contribution >= 4 is 29.2 Å². The molecule has 0 unspecified atom stereocenters. The van der Waals surface area contributed by atoms with Gasteiger partial charge >= 0.3 is 12.1 Å². The topological polar surface area (TPSA) is 96.1 Å². The van der Waals surface area contributed by atoms with Gasteiger partial charge in [-0.15, -0.1) is 5.10 Å². The van der Waals surface area contributed by atoms with Gasteiger partial charge in [0.05, 0.1) is 12.8 Å². The number of alkyl halides is 3. The summed E-state index contributed by atoms with van der Waals surface area (Å²) < 4.78 is 65.6. The number of hydrogen-bond acceptors (Lipinski definition) is 7. The lowest BCUT2D eigenvalue weighted by Crippen LogP contribution is -2.31. The number of carbonyl (C=O) groups is 1. The maximum absolute atomic E-state index is 13.6. The Morgan fingerprint density at radius 1 is 1.18 bits per heavy atom. The lowest BCUT2D eigenvalue weighted by Gasteiger charge is -2.20. The number of rotatable bonds is 6. The normalized spacial score (nSPS) is 17.3. The summed E-state index contributed by atoms with van der Waals surface area (Å²) in [6.07, 6.45) is -2.86. The molecule has 0 bridgehead atoms. The van der Waals surface area contributed by atoms with Gasteiger partial charge in [-0.1, -0.05) is 23.7 Å². The summed E-state index contributed by atoms with van der Waals surface area (Å²) in [6.45, 7) is 0.154. The van der Waals surface area contributed by atoms with Crippen LogP contribution in [0.1, 0.15) is 30.1 Å². The molecule has 0 amide bonds. The number of nitrogens with one attached hydrogen (secondary N) is 1. The summed E-state index contributed by atoms with van der Waals surface area (Å²) in [6, 6.07) is 10.8. The molecule has 2 aromatic heterocycles. The fourth-order valence-corrected chi connectivity index (χ4v) is 4.56. The second-order valence-electron chi connectivity index (χ2n) is 8.79. The molecule has 0 fully saturated rings. The highest BCUT2D eigenvalue weighted by atomic mass is 35.5. The lowest BCUT2D eigenvalue weighted by molar-refractivity contribution is -0.205. The van der Waals surface area contributed by atoms with Crippen molar-refractivity contribution in [2.75, 3.05) is 12.4 Å². The van der Waals surface area contributed by atoms with Crippen LogP contribution in [0.15, 0.2) is 55.0 Å². The van der Waals surface area contributed by atoms with E-state index in [2.05, 4.69) is 20.4 Å². The van der Waals surface area contributed by atoms with E-state index in [0.717, 1.165) is 0 Å². The zero-order valence-corrected chi connectivity index (χ0v) is 21.1. The van der Waals surface area contributed by atoms with Crippen LogP contribution in [0.25, 0.3) is 5.69 Å². The van der Waals surface area contributed by atoms with E-state index in [0.29, 0.717) is 33.7 Å². The predicted octanol–water partition coefficient (Wildman–Crippen LogP) is 5.41. The van der Waals surface area contributed by atoms with Crippen LogP contribution in [0, 0.1) is 5.82 Å². The van der Waals surface area contributed by atoms with Crippen molar-refractivity contribution in [3.05, 3.63) is 77.3 Å². The largest absolute Gasteiger partial charge is 0.494 e. The summed E-state index contributed by atoms with van der Waals surface area (Å²) in [5, 5.41) is 7.93. The second-order valence-corrected chi connectivity index (χ2v) is 9.17. The van der Waals surface area contributed by atoms with Gasteiger partial charge in [-0.05, 0) is 36.2 Å². The molecule has 1 aliphatic rings. The molecule has 204 valence electrons. The van der Waals surface area contributed by atoms with E-state index in [1.807, 2.05) is 0 Å². The van der Waals surface area contributed by atoms with Crippen molar-refractivity contribution in [3.8, 4) is 11.4 Å². The van der Waals surface area contributed by atoms with E-state index < -0.39 is 30.0 Å². The Labute approximate surface area is 224 Å². The molecular formula is C25H21ClF4N6O3. The Bertz CT molecular complexity index is 1490. The molecule has 9 nitrogen and oxygen atoms in total. The maximum atomic E-state index is 13.6. The summed E-state index contributed by atoms with van der Waals surface area (Å²) in [5.41, 5.74) is 1.90. The minimum absolute atomic E-state index is 0.0154. The van der Waals surface area contributed by atoms with E-state index >= 15 is 0 Å². The number of aryl methyl sites for hydroxylation is 1. The Kier molecular flexibility index (Phi) is 7.17. The molecule has 3 heterocycles. The van der Waals surface area contributed by atoms with Crippen molar-refractivity contribution in [2.24, 2.45) is 0 Å². The summed E-state index contributed by atoms with van der Waals surface area (Å²) in [7, 11) is 1.52. The molecule has 0 saturated carbocycles. The van der Waals surface area contributed by atoms with Gasteiger partial charge in [-0.25, -0.2) is 18.9 Å². The average Bonchev–Trinajstić information content (AvgIpc) is 3.47. The smallest absolute Gasteiger partial charge is 0.490 e. The monoisotopic (exact) mass is 564 g/mol. The van der Waals surface area contributed by atoms with Crippen LogP contribution in [-0.4, -0.2) is 49.7 Å². The SMILES string of the molecule is COc1cc(Nc2nc3n(n2)CC[C@@H](OC(=O)C(F)(F)F)C[C@@H]3c2ccc(F)cc2)ccc1-n1cnc(Cl)c1. The molecule has 0 aliphatic carbocycles. The molecule has 14 heteroatoms. The van der Waals surface area contributed by atoms with Crippen molar-refractivity contribution in [1.82, 2.24) is 24.3 Å². The fourth-order valence-electron chi connectivity index (χ4n) is 4.42. The lowest BCUT2D eigenvalue weighted by atomic mass is 9.92. The van der Waals surface area contributed by atoms with Crippen molar-refractivity contribution in [3.63, 3.8) is 0 Å². The third kappa shape index (κ3) is 5.82. The Hall–Kier alpha value is -4.13. The number of anilines is 2. The van der Waals surface area contributed by atoms with Crippen LogP contribution in [0.5, 0.6) is 5.75 Å². The predicted molar refractivity (Wildman–Crippen MR) is 132 cm³/mol. The zero-order valence-electron chi connectivity index (χ0n) is 20.3.